The van der Waals surface area contributed by atoms with Gasteiger partial charge in [-0.25, -0.2) is 0 Å². The van der Waals surface area contributed by atoms with Crippen molar-refractivity contribution >= 4 is 5.97 Å². The third-order valence-electron chi connectivity index (χ3n) is 5.54. The summed E-state index contributed by atoms with van der Waals surface area (Å²) in [5.41, 5.74) is 1.02. The Bertz CT molecular complexity index is 719. The Kier molecular flexibility index (Phi) is 6.30. The van der Waals surface area contributed by atoms with Crippen molar-refractivity contribution in [2.45, 2.75) is 63.5 Å². The molecule has 0 unspecified atom stereocenters. The van der Waals surface area contributed by atoms with Crippen molar-refractivity contribution in [2.24, 2.45) is 11.1 Å². The Hall–Kier alpha value is -1.81. The van der Waals surface area contributed by atoms with Crippen molar-refractivity contribution in [2.75, 3.05) is 6.61 Å². The third kappa shape index (κ3) is 5.63. The molecule has 1 aliphatic carbocycles. The molecule has 29 heavy (non-hydrogen) atoms. The molecular weight excluding hydrogens is 404 g/mol. The van der Waals surface area contributed by atoms with Crippen molar-refractivity contribution in [3.63, 3.8) is 0 Å². The topological polar surface area (TPSA) is 72.5 Å². The standard InChI is InChI=1S/C19H23F6NO3/c1-11(29-10-16(2)3-5-17(26,6-4-16)15(27)28)12-7-13(18(20,21)22)9-14(8-12)19(23,24)25/h7-9,11H,3-6,10,26H2,1-2H3,(H,27,28)/t11-,16?,17?/m1/s1. The summed E-state index contributed by atoms with van der Waals surface area (Å²) >= 11 is 0. The van der Waals surface area contributed by atoms with Gasteiger partial charge in [-0.2, -0.15) is 26.3 Å². The quantitative estimate of drug-likeness (QED) is 0.637. The van der Waals surface area contributed by atoms with Gasteiger partial charge in [-0.15, -0.1) is 0 Å². The summed E-state index contributed by atoms with van der Waals surface area (Å²) in [6.45, 7) is 3.27. The molecule has 2 rings (SSSR count). The molecule has 0 aliphatic heterocycles. The Labute approximate surface area is 164 Å². The van der Waals surface area contributed by atoms with Crippen molar-refractivity contribution < 1.29 is 41.0 Å². The number of ether oxygens (including phenoxy) is 1. The Balaban J connectivity index is 2.15. The van der Waals surface area contributed by atoms with Gasteiger partial charge in [-0.05, 0) is 61.8 Å². The van der Waals surface area contributed by atoms with Crippen LogP contribution in [0.2, 0.25) is 0 Å². The second-order valence-corrected chi connectivity index (χ2v) is 8.06. The van der Waals surface area contributed by atoms with Gasteiger partial charge in [0.2, 0.25) is 0 Å². The zero-order valence-electron chi connectivity index (χ0n) is 16.0. The summed E-state index contributed by atoms with van der Waals surface area (Å²) in [7, 11) is 0. The minimum Gasteiger partial charge on any atom is -0.480 e. The van der Waals surface area contributed by atoms with Crippen molar-refractivity contribution in [1.82, 2.24) is 0 Å². The molecule has 10 heteroatoms. The maximum absolute atomic E-state index is 13.0. The summed E-state index contributed by atoms with van der Waals surface area (Å²) in [6.07, 6.45) is -9.62. The summed E-state index contributed by atoms with van der Waals surface area (Å²) in [5, 5.41) is 9.18. The molecule has 1 aromatic rings. The lowest BCUT2D eigenvalue weighted by molar-refractivity contribution is -0.147. The van der Waals surface area contributed by atoms with E-state index in [1.807, 2.05) is 6.92 Å². The molecule has 1 atom stereocenters. The van der Waals surface area contributed by atoms with E-state index in [0.29, 0.717) is 25.0 Å². The van der Waals surface area contributed by atoms with Gasteiger partial charge in [-0.3, -0.25) is 4.79 Å². The first-order valence-electron chi connectivity index (χ1n) is 8.99. The first kappa shape index (κ1) is 23.5. The maximum Gasteiger partial charge on any atom is 0.416 e. The molecule has 0 heterocycles. The van der Waals surface area contributed by atoms with E-state index >= 15 is 0 Å². The highest BCUT2D eigenvalue weighted by Gasteiger charge is 2.43. The van der Waals surface area contributed by atoms with Gasteiger partial charge in [0.1, 0.15) is 5.54 Å². The van der Waals surface area contributed by atoms with E-state index in [9.17, 15) is 36.2 Å². The van der Waals surface area contributed by atoms with Crippen LogP contribution in [0.3, 0.4) is 0 Å². The second-order valence-electron chi connectivity index (χ2n) is 8.06. The molecule has 3 N–H and O–H groups in total. The van der Waals surface area contributed by atoms with Crippen LogP contribution < -0.4 is 5.73 Å². The fraction of sp³-hybridized carbons (Fsp3) is 0.632. The number of halogens is 6. The molecule has 0 radical (unpaired) electrons. The summed E-state index contributed by atoms with van der Waals surface area (Å²) < 4.78 is 83.7. The number of carboxylic acids is 1. The first-order chi connectivity index (χ1) is 13.1. The van der Waals surface area contributed by atoms with Gasteiger partial charge in [0.15, 0.2) is 0 Å². The van der Waals surface area contributed by atoms with E-state index in [1.165, 1.54) is 6.92 Å². The highest BCUT2D eigenvalue weighted by atomic mass is 19.4. The zero-order chi connectivity index (χ0) is 22.3. The highest BCUT2D eigenvalue weighted by molar-refractivity contribution is 5.78. The fourth-order valence-corrected chi connectivity index (χ4v) is 3.29. The van der Waals surface area contributed by atoms with E-state index in [2.05, 4.69) is 0 Å². The molecule has 0 bridgehead atoms. The number of carbonyl (C=O) groups is 1. The SMILES string of the molecule is C[C@@H](OCC1(C)CCC(N)(C(=O)O)CC1)c1cc(C(F)(F)F)cc(C(F)(F)F)c1. The Morgan fingerprint density at radius 2 is 1.52 bits per heavy atom. The smallest absolute Gasteiger partial charge is 0.416 e. The first-order valence-corrected chi connectivity index (χ1v) is 8.99. The maximum atomic E-state index is 13.0. The van der Waals surface area contributed by atoms with Crippen LogP contribution in [-0.4, -0.2) is 23.2 Å². The van der Waals surface area contributed by atoms with Gasteiger partial charge >= 0.3 is 18.3 Å². The minimum absolute atomic E-state index is 0.0570. The molecular formula is C19H23F6NO3. The highest BCUT2D eigenvalue weighted by Crippen LogP contribution is 2.42. The van der Waals surface area contributed by atoms with Crippen LogP contribution in [0.5, 0.6) is 0 Å². The Morgan fingerprint density at radius 3 is 1.90 bits per heavy atom. The summed E-state index contributed by atoms with van der Waals surface area (Å²) in [5.74, 6) is -1.10. The van der Waals surface area contributed by atoms with Crippen LogP contribution in [0.15, 0.2) is 18.2 Å². The molecule has 0 amide bonds. The number of hydrogen-bond donors (Lipinski definition) is 2. The number of benzene rings is 1. The van der Waals surface area contributed by atoms with E-state index in [1.54, 1.807) is 0 Å². The predicted molar refractivity (Wildman–Crippen MR) is 91.9 cm³/mol. The number of hydrogen-bond acceptors (Lipinski definition) is 3. The third-order valence-corrected chi connectivity index (χ3v) is 5.54. The number of alkyl halides is 6. The van der Waals surface area contributed by atoms with Crippen LogP contribution >= 0.6 is 0 Å². The molecule has 0 aromatic heterocycles. The van der Waals surface area contributed by atoms with Gasteiger partial charge in [-0.1, -0.05) is 6.92 Å². The van der Waals surface area contributed by atoms with Crippen molar-refractivity contribution in [1.29, 1.82) is 0 Å². The molecule has 1 fully saturated rings. The molecule has 164 valence electrons. The van der Waals surface area contributed by atoms with Crippen molar-refractivity contribution in [3.05, 3.63) is 34.9 Å². The van der Waals surface area contributed by atoms with Crippen LogP contribution in [0.25, 0.3) is 0 Å². The molecule has 1 aliphatic rings. The van der Waals surface area contributed by atoms with Gasteiger partial charge in [0, 0.05) is 0 Å². The van der Waals surface area contributed by atoms with Crippen LogP contribution in [0, 0.1) is 5.41 Å². The average molecular weight is 427 g/mol. The summed E-state index contributed by atoms with van der Waals surface area (Å²) in [6, 6.07) is 1.38. The van der Waals surface area contributed by atoms with Gasteiger partial charge < -0.3 is 15.6 Å². The minimum atomic E-state index is -4.92. The van der Waals surface area contributed by atoms with Crippen LogP contribution in [0.4, 0.5) is 26.3 Å². The fourth-order valence-electron chi connectivity index (χ4n) is 3.29. The largest absolute Gasteiger partial charge is 0.480 e. The molecule has 0 saturated heterocycles. The summed E-state index contributed by atoms with van der Waals surface area (Å²) in [4.78, 5) is 11.2. The molecule has 0 spiro atoms. The van der Waals surface area contributed by atoms with E-state index in [-0.39, 0.29) is 31.1 Å². The number of carboxylic acid groups (broad SMARTS) is 1. The lowest BCUT2D eigenvalue weighted by atomic mass is 9.69. The normalized spacial score (nSPS) is 26.9. The molecule has 1 saturated carbocycles. The number of aliphatic carboxylic acids is 1. The molecule has 4 nitrogen and oxygen atoms in total. The number of rotatable bonds is 5. The Morgan fingerprint density at radius 1 is 1.07 bits per heavy atom. The van der Waals surface area contributed by atoms with Crippen molar-refractivity contribution in [3.8, 4) is 0 Å². The van der Waals surface area contributed by atoms with E-state index < -0.39 is 46.5 Å². The van der Waals surface area contributed by atoms with E-state index in [4.69, 9.17) is 10.5 Å². The van der Waals surface area contributed by atoms with Gasteiger partial charge in [0.25, 0.3) is 0 Å². The van der Waals surface area contributed by atoms with E-state index in [0.717, 1.165) is 0 Å². The lowest BCUT2D eigenvalue weighted by Gasteiger charge is -2.41. The second kappa shape index (κ2) is 7.79. The monoisotopic (exact) mass is 427 g/mol. The van der Waals surface area contributed by atoms with Crippen LogP contribution in [0.1, 0.15) is 62.3 Å². The predicted octanol–water partition coefficient (Wildman–Crippen LogP) is 5.16. The van der Waals surface area contributed by atoms with Crippen LogP contribution in [-0.2, 0) is 21.9 Å². The zero-order valence-corrected chi connectivity index (χ0v) is 16.0. The molecule has 1 aromatic carbocycles. The number of nitrogens with two attached hydrogens (primary N) is 1. The van der Waals surface area contributed by atoms with Gasteiger partial charge in [0.05, 0.1) is 23.8 Å². The average Bonchev–Trinajstić information content (AvgIpc) is 2.60. The lowest BCUT2D eigenvalue weighted by Crippen LogP contribution is -2.52.